The maximum atomic E-state index is 11.5. The third kappa shape index (κ3) is 7.70. The van der Waals surface area contributed by atoms with Crippen molar-refractivity contribution in [1.29, 1.82) is 0 Å². The lowest BCUT2D eigenvalue weighted by atomic mass is 9.73. The standard InChI is InChI=1S/C32H52O10Si/c1-12-25(37-22-35-9)31(20-38-29(5,6)41-31)32(21-39-30(7,8)42-32)27(36-19-23-16-14-13-15-17-23)26(24(34)18-33)40-43(10,11)28(2,3)4/h1,13-17,24-27,33-34H,18-22H2,2-11H3/t24-,25+,26-,27+,31-,32+/m0/s1. The number of aliphatic hydroxyl groups is 2. The second kappa shape index (κ2) is 13.5. The number of methoxy groups -OCH3 is 1. The maximum absolute atomic E-state index is 11.5. The highest BCUT2D eigenvalue weighted by atomic mass is 28.4. The van der Waals surface area contributed by atoms with Gasteiger partial charge in [0.1, 0.15) is 25.1 Å². The van der Waals surface area contributed by atoms with Gasteiger partial charge in [0.05, 0.1) is 26.4 Å². The lowest BCUT2D eigenvalue weighted by Gasteiger charge is -2.53. The van der Waals surface area contributed by atoms with Crippen molar-refractivity contribution in [3.63, 3.8) is 0 Å². The van der Waals surface area contributed by atoms with Crippen LogP contribution < -0.4 is 0 Å². The van der Waals surface area contributed by atoms with E-state index in [1.807, 2.05) is 30.3 Å². The molecule has 0 radical (unpaired) electrons. The summed E-state index contributed by atoms with van der Waals surface area (Å²) in [5.41, 5.74) is -2.21. The van der Waals surface area contributed by atoms with Gasteiger partial charge in [0.15, 0.2) is 37.2 Å². The van der Waals surface area contributed by atoms with Gasteiger partial charge in [-0.05, 0) is 51.4 Å². The van der Waals surface area contributed by atoms with Crippen LogP contribution in [0.5, 0.6) is 0 Å². The highest BCUT2D eigenvalue weighted by Gasteiger charge is 2.73. The molecule has 43 heavy (non-hydrogen) atoms. The third-order valence-electron chi connectivity index (χ3n) is 8.60. The van der Waals surface area contributed by atoms with Crippen molar-refractivity contribution in [2.75, 3.05) is 33.7 Å². The van der Waals surface area contributed by atoms with Gasteiger partial charge < -0.3 is 47.8 Å². The Kier molecular flexibility index (Phi) is 11.3. The Morgan fingerprint density at radius 3 is 1.98 bits per heavy atom. The van der Waals surface area contributed by atoms with E-state index in [-0.39, 0.29) is 31.7 Å². The predicted octanol–water partition coefficient (Wildman–Crippen LogP) is 3.98. The van der Waals surface area contributed by atoms with E-state index in [2.05, 4.69) is 39.8 Å². The van der Waals surface area contributed by atoms with E-state index in [1.54, 1.807) is 27.7 Å². The zero-order chi connectivity index (χ0) is 32.3. The summed E-state index contributed by atoms with van der Waals surface area (Å²) in [5.74, 6) is 0.513. The van der Waals surface area contributed by atoms with Crippen LogP contribution in [0.4, 0.5) is 0 Å². The van der Waals surface area contributed by atoms with Gasteiger partial charge in [0, 0.05) is 7.11 Å². The molecule has 6 atom stereocenters. The average molecular weight is 625 g/mol. The molecule has 1 aromatic rings. The number of hydrogen-bond acceptors (Lipinski definition) is 10. The fourth-order valence-electron chi connectivity index (χ4n) is 5.38. The van der Waals surface area contributed by atoms with Crippen molar-refractivity contribution in [2.45, 2.75) is 120 Å². The topological polar surface area (TPSA) is 114 Å². The zero-order valence-corrected chi connectivity index (χ0v) is 28.5. The molecule has 10 nitrogen and oxygen atoms in total. The van der Waals surface area contributed by atoms with E-state index in [1.165, 1.54) is 7.11 Å². The first-order valence-corrected chi connectivity index (χ1v) is 17.7. The molecule has 0 aliphatic carbocycles. The van der Waals surface area contributed by atoms with E-state index in [0.717, 1.165) is 5.56 Å². The average Bonchev–Trinajstić information content (AvgIpc) is 3.44. The summed E-state index contributed by atoms with van der Waals surface area (Å²) >= 11 is 0. The van der Waals surface area contributed by atoms with Gasteiger partial charge in [-0.2, -0.15) is 0 Å². The molecule has 0 unspecified atom stereocenters. The Morgan fingerprint density at radius 1 is 0.977 bits per heavy atom. The molecule has 1 aromatic carbocycles. The van der Waals surface area contributed by atoms with Crippen molar-refractivity contribution >= 4 is 8.32 Å². The number of terminal acetylenes is 1. The van der Waals surface area contributed by atoms with Gasteiger partial charge in [-0.15, -0.1) is 6.42 Å². The van der Waals surface area contributed by atoms with Crippen LogP contribution in [-0.4, -0.2) is 99.4 Å². The number of benzene rings is 1. The minimum absolute atomic E-state index is 0.0503. The van der Waals surface area contributed by atoms with Crippen LogP contribution in [0.15, 0.2) is 30.3 Å². The Hall–Kier alpha value is -1.40. The van der Waals surface area contributed by atoms with Crippen LogP contribution in [0.3, 0.4) is 0 Å². The molecule has 0 amide bonds. The molecule has 244 valence electrons. The Labute approximate surface area is 258 Å². The zero-order valence-electron chi connectivity index (χ0n) is 27.5. The molecular weight excluding hydrogens is 572 g/mol. The highest BCUT2D eigenvalue weighted by Crippen LogP contribution is 2.53. The predicted molar refractivity (Wildman–Crippen MR) is 163 cm³/mol. The monoisotopic (exact) mass is 624 g/mol. The van der Waals surface area contributed by atoms with Crippen molar-refractivity contribution in [2.24, 2.45) is 0 Å². The molecular formula is C32H52O10Si. The third-order valence-corrected chi connectivity index (χ3v) is 13.1. The lowest BCUT2D eigenvalue weighted by Crippen LogP contribution is -2.74. The van der Waals surface area contributed by atoms with E-state index >= 15 is 0 Å². The Morgan fingerprint density at radius 2 is 1.53 bits per heavy atom. The molecule has 0 bridgehead atoms. The SMILES string of the molecule is C#C[C@@H](OCOC)[C@]1([C@]2([C@H](OCc3ccccc3)[C@@H](O[Si](C)(C)C(C)(C)C)[C@@H](O)CO)COC(C)(C)O2)COC(C)(C)O1. The summed E-state index contributed by atoms with van der Waals surface area (Å²) in [5, 5.41) is 21.6. The van der Waals surface area contributed by atoms with E-state index in [4.69, 9.17) is 44.0 Å². The van der Waals surface area contributed by atoms with Crippen LogP contribution >= 0.6 is 0 Å². The Bertz CT molecular complexity index is 1080. The summed E-state index contributed by atoms with van der Waals surface area (Å²) in [6.45, 7) is 16.9. The molecule has 2 aliphatic heterocycles. The summed E-state index contributed by atoms with van der Waals surface area (Å²) in [7, 11) is -1.10. The van der Waals surface area contributed by atoms with Crippen molar-refractivity contribution in [1.82, 2.24) is 0 Å². The van der Waals surface area contributed by atoms with Crippen LogP contribution in [0.25, 0.3) is 0 Å². The van der Waals surface area contributed by atoms with Gasteiger partial charge in [0.25, 0.3) is 0 Å². The molecule has 11 heteroatoms. The fourth-order valence-corrected chi connectivity index (χ4v) is 6.69. The normalized spacial score (nSPS) is 28.3. The maximum Gasteiger partial charge on any atom is 0.192 e. The van der Waals surface area contributed by atoms with Crippen molar-refractivity contribution < 1.29 is 47.8 Å². The molecule has 2 aliphatic rings. The minimum atomic E-state index is -2.60. The second-order valence-corrected chi connectivity index (χ2v) is 18.5. The molecule has 3 rings (SSSR count). The summed E-state index contributed by atoms with van der Waals surface area (Å²) in [6.07, 6.45) is 1.54. The molecule has 2 heterocycles. The van der Waals surface area contributed by atoms with Crippen LogP contribution in [0, 0.1) is 12.3 Å². The van der Waals surface area contributed by atoms with Crippen molar-refractivity contribution in [3.8, 4) is 12.3 Å². The van der Waals surface area contributed by atoms with Gasteiger partial charge in [-0.25, -0.2) is 0 Å². The quantitative estimate of drug-likeness (QED) is 0.179. The fraction of sp³-hybridized carbons (Fsp3) is 0.750. The molecule has 2 fully saturated rings. The van der Waals surface area contributed by atoms with E-state index in [0.29, 0.717) is 0 Å². The van der Waals surface area contributed by atoms with Gasteiger partial charge in [0.2, 0.25) is 0 Å². The smallest absolute Gasteiger partial charge is 0.192 e. The first kappa shape index (κ1) is 36.1. The molecule has 2 N–H and O–H groups in total. The summed E-state index contributed by atoms with van der Waals surface area (Å²) < 4.78 is 51.1. The Balaban J connectivity index is 2.31. The van der Waals surface area contributed by atoms with Gasteiger partial charge >= 0.3 is 0 Å². The van der Waals surface area contributed by atoms with Gasteiger partial charge in [-0.1, -0.05) is 57.0 Å². The first-order chi connectivity index (χ1) is 19.9. The molecule has 0 spiro atoms. The molecule has 2 saturated heterocycles. The van der Waals surface area contributed by atoms with Crippen LogP contribution in [0.1, 0.15) is 54.0 Å². The lowest BCUT2D eigenvalue weighted by molar-refractivity contribution is -0.308. The second-order valence-electron chi connectivity index (χ2n) is 13.8. The number of rotatable bonds is 14. The van der Waals surface area contributed by atoms with Crippen molar-refractivity contribution in [3.05, 3.63) is 35.9 Å². The van der Waals surface area contributed by atoms with E-state index < -0.39 is 62.1 Å². The summed E-state index contributed by atoms with van der Waals surface area (Å²) in [4.78, 5) is 0. The van der Waals surface area contributed by atoms with Gasteiger partial charge in [-0.3, -0.25) is 0 Å². The number of ether oxygens (including phenoxy) is 7. The first-order valence-electron chi connectivity index (χ1n) is 14.8. The highest BCUT2D eigenvalue weighted by molar-refractivity contribution is 6.74. The largest absolute Gasteiger partial charge is 0.408 e. The minimum Gasteiger partial charge on any atom is -0.408 e. The van der Waals surface area contributed by atoms with E-state index in [9.17, 15) is 10.2 Å². The number of hydrogen-bond donors (Lipinski definition) is 2. The molecule has 0 saturated carbocycles. The van der Waals surface area contributed by atoms with Crippen LogP contribution in [-0.2, 0) is 44.2 Å². The molecule has 0 aromatic heterocycles. The van der Waals surface area contributed by atoms with Crippen LogP contribution in [0.2, 0.25) is 18.1 Å². The summed E-state index contributed by atoms with van der Waals surface area (Å²) in [6, 6.07) is 9.62. The number of aliphatic hydroxyl groups excluding tert-OH is 2.